The van der Waals surface area contributed by atoms with Gasteiger partial charge in [0.05, 0.1) is 0 Å². The molecule has 2 heterocycles. The predicted molar refractivity (Wildman–Crippen MR) is 133 cm³/mol. The van der Waals surface area contributed by atoms with Crippen molar-refractivity contribution < 1.29 is 8.83 Å². The van der Waals surface area contributed by atoms with E-state index in [1.807, 2.05) is 73.7 Å². The van der Waals surface area contributed by atoms with Crippen molar-refractivity contribution in [3.63, 3.8) is 0 Å². The van der Waals surface area contributed by atoms with Crippen molar-refractivity contribution in [1.29, 1.82) is 0 Å². The van der Waals surface area contributed by atoms with Gasteiger partial charge in [0.1, 0.15) is 11.0 Å². The van der Waals surface area contributed by atoms with Crippen LogP contribution in [0.4, 0.5) is 0 Å². The third-order valence-corrected chi connectivity index (χ3v) is 5.70. The van der Waals surface area contributed by atoms with Gasteiger partial charge in [-0.3, -0.25) is 0 Å². The maximum atomic E-state index is 5.93. The fraction of sp³-hybridized carbons (Fsp3) is 0.0345. The van der Waals surface area contributed by atoms with Crippen LogP contribution in [0.15, 0.2) is 99.8 Å². The lowest BCUT2D eigenvalue weighted by Crippen LogP contribution is -1.80. The van der Waals surface area contributed by atoms with E-state index in [4.69, 9.17) is 8.83 Å². The molecule has 0 aliphatic carbocycles. The van der Waals surface area contributed by atoms with E-state index in [0.29, 0.717) is 11.8 Å². The van der Waals surface area contributed by atoms with E-state index in [0.717, 1.165) is 50.0 Å². The van der Waals surface area contributed by atoms with Crippen LogP contribution in [0.5, 0.6) is 0 Å². The second kappa shape index (κ2) is 7.92. The molecule has 0 saturated heterocycles. The van der Waals surface area contributed by atoms with Gasteiger partial charge in [-0.05, 0) is 66.1 Å². The van der Waals surface area contributed by atoms with Gasteiger partial charge in [-0.1, -0.05) is 60.7 Å². The van der Waals surface area contributed by atoms with Crippen LogP contribution < -0.4 is 0 Å². The first-order chi connectivity index (χ1) is 16.2. The highest BCUT2D eigenvalue weighted by Gasteiger charge is 2.10. The quantitative estimate of drug-likeness (QED) is 0.269. The Kier molecular flexibility index (Phi) is 4.62. The smallest absolute Gasteiger partial charge is 0.227 e. The maximum absolute atomic E-state index is 5.93. The molecule has 0 atom stereocenters. The molecule has 0 aliphatic heterocycles. The highest BCUT2D eigenvalue weighted by molar-refractivity contribution is 5.80. The lowest BCUT2D eigenvalue weighted by atomic mass is 10.1. The molecular formula is C29H20N2O2. The first kappa shape index (κ1) is 19.3. The van der Waals surface area contributed by atoms with E-state index < -0.39 is 0 Å². The SMILES string of the molecule is Cc1cccc2oc(-c3ccc(/C=C/c4ccc(-c5nc6ccccc6o5)cc4)cc3)nc12. The lowest BCUT2D eigenvalue weighted by Gasteiger charge is -1.99. The molecule has 4 nitrogen and oxygen atoms in total. The number of aromatic nitrogens is 2. The van der Waals surface area contributed by atoms with Gasteiger partial charge in [0, 0.05) is 11.1 Å². The number of nitrogens with zero attached hydrogens (tertiary/aromatic N) is 2. The Balaban J connectivity index is 1.19. The molecule has 0 saturated carbocycles. The molecule has 4 heteroatoms. The minimum Gasteiger partial charge on any atom is -0.436 e. The van der Waals surface area contributed by atoms with Gasteiger partial charge in [-0.15, -0.1) is 0 Å². The summed E-state index contributed by atoms with van der Waals surface area (Å²) in [5.41, 5.74) is 8.65. The van der Waals surface area contributed by atoms with Crippen LogP contribution in [-0.2, 0) is 0 Å². The lowest BCUT2D eigenvalue weighted by molar-refractivity contribution is 0.619. The van der Waals surface area contributed by atoms with Crippen molar-refractivity contribution in [2.24, 2.45) is 0 Å². The molecule has 6 aromatic rings. The first-order valence-corrected chi connectivity index (χ1v) is 10.8. The summed E-state index contributed by atoms with van der Waals surface area (Å²) in [6, 6.07) is 30.2. The van der Waals surface area contributed by atoms with Crippen LogP contribution in [0.2, 0.25) is 0 Å². The molecule has 6 rings (SSSR count). The fourth-order valence-corrected chi connectivity index (χ4v) is 3.87. The number of aryl methyl sites for hydroxylation is 1. The largest absolute Gasteiger partial charge is 0.436 e. The Hall–Kier alpha value is -4.44. The van der Waals surface area contributed by atoms with Crippen molar-refractivity contribution in [1.82, 2.24) is 9.97 Å². The molecule has 4 aromatic carbocycles. The van der Waals surface area contributed by atoms with E-state index in [-0.39, 0.29) is 0 Å². The van der Waals surface area contributed by atoms with Crippen LogP contribution in [-0.4, -0.2) is 9.97 Å². The molecule has 33 heavy (non-hydrogen) atoms. The minimum absolute atomic E-state index is 0.636. The minimum atomic E-state index is 0.636. The molecule has 0 spiro atoms. The summed E-state index contributed by atoms with van der Waals surface area (Å²) in [5, 5.41) is 0. The Morgan fingerprint density at radius 2 is 1.15 bits per heavy atom. The summed E-state index contributed by atoms with van der Waals surface area (Å²) in [6.45, 7) is 2.04. The molecule has 0 bridgehead atoms. The number of hydrogen-bond acceptors (Lipinski definition) is 4. The zero-order chi connectivity index (χ0) is 22.2. The Morgan fingerprint density at radius 1 is 0.576 bits per heavy atom. The van der Waals surface area contributed by atoms with E-state index in [2.05, 4.69) is 46.4 Å². The van der Waals surface area contributed by atoms with Crippen molar-refractivity contribution in [2.75, 3.05) is 0 Å². The van der Waals surface area contributed by atoms with Gasteiger partial charge in [0.2, 0.25) is 11.8 Å². The average molecular weight is 428 g/mol. The number of para-hydroxylation sites is 3. The number of oxazole rings is 2. The molecular weight excluding hydrogens is 408 g/mol. The monoisotopic (exact) mass is 428 g/mol. The summed E-state index contributed by atoms with van der Waals surface area (Å²) in [6.07, 6.45) is 4.18. The van der Waals surface area contributed by atoms with Crippen LogP contribution in [0.3, 0.4) is 0 Å². The maximum Gasteiger partial charge on any atom is 0.227 e. The highest BCUT2D eigenvalue weighted by atomic mass is 16.4. The number of hydrogen-bond donors (Lipinski definition) is 0. The molecule has 2 aromatic heterocycles. The second-order valence-electron chi connectivity index (χ2n) is 8.00. The van der Waals surface area contributed by atoms with E-state index in [9.17, 15) is 0 Å². The van der Waals surface area contributed by atoms with E-state index in [1.54, 1.807) is 0 Å². The molecule has 0 fully saturated rings. The Labute approximate surface area is 190 Å². The molecule has 0 radical (unpaired) electrons. The van der Waals surface area contributed by atoms with Gasteiger partial charge in [-0.2, -0.15) is 0 Å². The normalized spacial score (nSPS) is 11.7. The zero-order valence-corrected chi connectivity index (χ0v) is 18.0. The fourth-order valence-electron chi connectivity index (χ4n) is 3.87. The van der Waals surface area contributed by atoms with E-state index in [1.165, 1.54) is 0 Å². The van der Waals surface area contributed by atoms with Crippen molar-refractivity contribution in [3.8, 4) is 22.9 Å². The third kappa shape index (κ3) is 3.72. The molecule has 158 valence electrons. The summed E-state index contributed by atoms with van der Waals surface area (Å²) in [5.74, 6) is 1.28. The summed E-state index contributed by atoms with van der Waals surface area (Å²) >= 11 is 0. The number of benzene rings is 4. The third-order valence-electron chi connectivity index (χ3n) is 5.70. The molecule has 0 N–H and O–H groups in total. The molecule has 0 amide bonds. The van der Waals surface area contributed by atoms with Crippen LogP contribution in [0.1, 0.15) is 16.7 Å². The average Bonchev–Trinajstić information content (AvgIpc) is 3.49. The topological polar surface area (TPSA) is 52.1 Å². The second-order valence-corrected chi connectivity index (χ2v) is 8.00. The summed E-state index contributed by atoms with van der Waals surface area (Å²) in [4.78, 5) is 9.22. The van der Waals surface area contributed by atoms with Gasteiger partial charge >= 0.3 is 0 Å². The van der Waals surface area contributed by atoms with Crippen molar-refractivity contribution in [3.05, 3.63) is 108 Å². The standard InChI is InChI=1S/C29H20N2O2/c1-19-5-4-8-26-27(19)31-29(33-26)23-17-13-21(14-18-23)10-9-20-11-15-22(16-12-20)28-30-24-6-2-3-7-25(24)32-28/h2-18H,1H3/b10-9+. The van der Waals surface area contributed by atoms with Crippen LogP contribution in [0.25, 0.3) is 57.3 Å². The first-order valence-electron chi connectivity index (χ1n) is 10.8. The molecule has 0 unspecified atom stereocenters. The van der Waals surface area contributed by atoms with Gasteiger partial charge < -0.3 is 8.83 Å². The van der Waals surface area contributed by atoms with Crippen molar-refractivity contribution in [2.45, 2.75) is 6.92 Å². The van der Waals surface area contributed by atoms with Gasteiger partial charge in [0.15, 0.2) is 11.2 Å². The number of rotatable bonds is 4. The Bertz CT molecular complexity index is 1570. The summed E-state index contributed by atoms with van der Waals surface area (Å²) in [7, 11) is 0. The predicted octanol–water partition coefficient (Wildman–Crippen LogP) is 7.78. The zero-order valence-electron chi connectivity index (χ0n) is 18.0. The van der Waals surface area contributed by atoms with Crippen LogP contribution >= 0.6 is 0 Å². The van der Waals surface area contributed by atoms with Gasteiger partial charge in [-0.25, -0.2) is 9.97 Å². The van der Waals surface area contributed by atoms with Gasteiger partial charge in [0.25, 0.3) is 0 Å². The summed E-state index contributed by atoms with van der Waals surface area (Å²) < 4.78 is 11.8. The van der Waals surface area contributed by atoms with Crippen LogP contribution in [0, 0.1) is 6.92 Å². The highest BCUT2D eigenvalue weighted by Crippen LogP contribution is 2.27. The number of fused-ring (bicyclic) bond motifs is 2. The Morgan fingerprint density at radius 3 is 1.79 bits per heavy atom. The molecule has 0 aliphatic rings. The van der Waals surface area contributed by atoms with E-state index >= 15 is 0 Å². The van der Waals surface area contributed by atoms with Crippen molar-refractivity contribution >= 4 is 34.4 Å².